The molecule has 0 aromatic carbocycles. The fourth-order valence-corrected chi connectivity index (χ4v) is 2.33. The Labute approximate surface area is 99.7 Å². The van der Waals surface area contributed by atoms with E-state index in [1.807, 2.05) is 0 Å². The molecule has 0 spiro atoms. The van der Waals surface area contributed by atoms with Gasteiger partial charge in [0.25, 0.3) is 0 Å². The molecule has 0 saturated heterocycles. The fraction of sp³-hybridized carbons (Fsp3) is 0.778. The van der Waals surface area contributed by atoms with Gasteiger partial charge in [0.1, 0.15) is 15.6 Å². The first-order valence-corrected chi connectivity index (χ1v) is 6.76. The Morgan fingerprint density at radius 2 is 2.14 bits per heavy atom. The predicted molar refractivity (Wildman–Crippen MR) is 68.5 cm³/mol. The van der Waals surface area contributed by atoms with Crippen LogP contribution >= 0.6 is 36.0 Å². The molecular weight excluding hydrogens is 236 g/mol. The van der Waals surface area contributed by atoms with Crippen molar-refractivity contribution in [3.8, 4) is 0 Å². The van der Waals surface area contributed by atoms with Crippen molar-refractivity contribution in [3.63, 3.8) is 0 Å². The number of thiocarbonyl (C=S) groups is 1. The normalized spacial score (nSPS) is 10.3. The molecule has 0 aliphatic carbocycles. The molecule has 0 aromatic heterocycles. The molecule has 0 aromatic rings. The molecule has 0 N–H and O–H groups in total. The van der Waals surface area contributed by atoms with Gasteiger partial charge in [-0.15, -0.1) is 11.8 Å². The first kappa shape index (κ1) is 14.3. The van der Waals surface area contributed by atoms with E-state index in [1.165, 1.54) is 0 Å². The molecule has 0 saturated carbocycles. The van der Waals surface area contributed by atoms with E-state index in [-0.39, 0.29) is 11.9 Å². The Morgan fingerprint density at radius 1 is 1.50 bits per heavy atom. The molecular formula is C9H16O2S3. The molecule has 0 radical (unpaired) electrons. The first-order chi connectivity index (χ1) is 6.57. The van der Waals surface area contributed by atoms with Crippen molar-refractivity contribution >= 4 is 45.5 Å². The maximum atomic E-state index is 11.1. The van der Waals surface area contributed by atoms with Crippen LogP contribution in [0.1, 0.15) is 33.6 Å². The average molecular weight is 252 g/mol. The second-order valence-corrected chi connectivity index (χ2v) is 6.12. The number of hydrogen-bond acceptors (Lipinski definition) is 5. The summed E-state index contributed by atoms with van der Waals surface area (Å²) in [5.74, 6) is 0.695. The summed E-state index contributed by atoms with van der Waals surface area (Å²) in [7, 11) is 0. The number of carbonyl (C=O) groups is 1. The molecule has 0 aliphatic rings. The van der Waals surface area contributed by atoms with E-state index in [1.54, 1.807) is 25.6 Å². The van der Waals surface area contributed by atoms with Crippen molar-refractivity contribution < 1.29 is 8.98 Å². The quantitative estimate of drug-likeness (QED) is 0.432. The Bertz CT molecular complexity index is 192. The van der Waals surface area contributed by atoms with Crippen LogP contribution in [0.5, 0.6) is 0 Å². The van der Waals surface area contributed by atoms with Gasteiger partial charge in [-0.2, -0.15) is 0 Å². The minimum absolute atomic E-state index is 0.0917. The Balaban J connectivity index is 3.49. The average Bonchev–Trinajstić information content (AvgIpc) is 2.14. The van der Waals surface area contributed by atoms with Crippen LogP contribution in [0.3, 0.4) is 0 Å². The summed E-state index contributed by atoms with van der Waals surface area (Å²) in [6, 6.07) is 0. The minimum atomic E-state index is -0.214. The minimum Gasteiger partial charge on any atom is -0.384 e. The second-order valence-electron chi connectivity index (χ2n) is 3.09. The highest BCUT2D eigenvalue weighted by atomic mass is 32.2. The number of rotatable bonds is 4. The zero-order chi connectivity index (χ0) is 11.0. The van der Waals surface area contributed by atoms with Crippen molar-refractivity contribution in [1.82, 2.24) is 0 Å². The smallest absolute Gasteiger partial charge is 0.320 e. The van der Waals surface area contributed by atoms with E-state index in [4.69, 9.17) is 16.4 Å². The summed E-state index contributed by atoms with van der Waals surface area (Å²) < 4.78 is 5.60. The zero-order valence-electron chi connectivity index (χ0n) is 8.74. The summed E-state index contributed by atoms with van der Waals surface area (Å²) in [5, 5.41) is 0. The standard InChI is InChI=1S/C9H16O2S3/c1-4-5-6-13-9(12)14-11-8(10)7(2)3/h7H,4-6H2,1-3H3. The number of carbonyl (C=O) groups excluding carboxylic acids is 1. The Morgan fingerprint density at radius 3 is 2.64 bits per heavy atom. The van der Waals surface area contributed by atoms with Crippen LogP contribution in [0.4, 0.5) is 0 Å². The summed E-state index contributed by atoms with van der Waals surface area (Å²) >= 11 is 7.60. The SMILES string of the molecule is CCCCSC(=S)SOC(=O)C(C)C. The highest BCUT2D eigenvalue weighted by Gasteiger charge is 2.10. The topological polar surface area (TPSA) is 26.3 Å². The lowest BCUT2D eigenvalue weighted by molar-refractivity contribution is -0.136. The first-order valence-electron chi connectivity index (χ1n) is 4.63. The lowest BCUT2D eigenvalue weighted by Gasteiger charge is -2.04. The van der Waals surface area contributed by atoms with E-state index in [2.05, 4.69) is 6.92 Å². The van der Waals surface area contributed by atoms with Gasteiger partial charge in [-0.05, 0) is 12.2 Å². The summed E-state index contributed by atoms with van der Waals surface area (Å²) in [6.07, 6.45) is 2.30. The van der Waals surface area contributed by atoms with E-state index in [0.29, 0.717) is 3.53 Å². The Hall–Kier alpha value is 0.260. The molecule has 0 amide bonds. The number of hydrogen-bond donors (Lipinski definition) is 0. The fourth-order valence-electron chi connectivity index (χ4n) is 0.495. The van der Waals surface area contributed by atoms with Crippen LogP contribution in [-0.4, -0.2) is 15.3 Å². The van der Waals surface area contributed by atoms with E-state index in [0.717, 1.165) is 30.6 Å². The molecule has 0 atom stereocenters. The van der Waals surface area contributed by atoms with Gasteiger partial charge in [-0.25, -0.2) is 0 Å². The predicted octanol–water partition coefficient (Wildman–Crippen LogP) is 3.65. The largest absolute Gasteiger partial charge is 0.384 e. The van der Waals surface area contributed by atoms with Gasteiger partial charge < -0.3 is 4.18 Å². The molecule has 0 aliphatic heterocycles. The zero-order valence-corrected chi connectivity index (χ0v) is 11.2. The molecule has 0 bridgehead atoms. The van der Waals surface area contributed by atoms with E-state index in [9.17, 15) is 4.79 Å². The van der Waals surface area contributed by atoms with Crippen molar-refractivity contribution in [2.75, 3.05) is 5.75 Å². The summed E-state index contributed by atoms with van der Waals surface area (Å²) in [4.78, 5) is 11.1. The monoisotopic (exact) mass is 252 g/mol. The molecule has 14 heavy (non-hydrogen) atoms. The van der Waals surface area contributed by atoms with Crippen molar-refractivity contribution in [2.45, 2.75) is 33.6 Å². The highest BCUT2D eigenvalue weighted by molar-refractivity contribution is 8.45. The van der Waals surface area contributed by atoms with Gasteiger partial charge in [0.05, 0.1) is 5.92 Å². The maximum Gasteiger partial charge on any atom is 0.320 e. The Kier molecular flexibility index (Phi) is 8.72. The summed E-state index contributed by atoms with van der Waals surface area (Å²) in [6.45, 7) is 5.74. The van der Waals surface area contributed by atoms with Crippen LogP contribution in [0.15, 0.2) is 0 Å². The van der Waals surface area contributed by atoms with Crippen LogP contribution < -0.4 is 0 Å². The van der Waals surface area contributed by atoms with E-state index >= 15 is 0 Å². The van der Waals surface area contributed by atoms with Crippen LogP contribution in [0.2, 0.25) is 0 Å². The van der Waals surface area contributed by atoms with Crippen molar-refractivity contribution in [2.24, 2.45) is 5.92 Å². The van der Waals surface area contributed by atoms with Crippen LogP contribution in [0.25, 0.3) is 0 Å². The van der Waals surface area contributed by atoms with Gasteiger partial charge in [0.2, 0.25) is 0 Å². The maximum absolute atomic E-state index is 11.1. The molecule has 0 heterocycles. The third-order valence-electron chi connectivity index (χ3n) is 1.38. The highest BCUT2D eigenvalue weighted by Crippen LogP contribution is 2.20. The molecule has 5 heteroatoms. The van der Waals surface area contributed by atoms with Gasteiger partial charge in [0.15, 0.2) is 0 Å². The second kappa shape index (κ2) is 8.56. The third-order valence-corrected chi connectivity index (χ3v) is 3.61. The third kappa shape index (κ3) is 7.64. The number of thioether (sulfide) groups is 1. The lowest BCUT2D eigenvalue weighted by atomic mass is 10.2. The molecule has 0 unspecified atom stereocenters. The number of unbranched alkanes of at least 4 members (excludes halogenated alkanes) is 1. The molecule has 2 nitrogen and oxygen atoms in total. The summed E-state index contributed by atoms with van der Waals surface area (Å²) in [5.41, 5.74) is 0. The lowest BCUT2D eigenvalue weighted by Crippen LogP contribution is -2.07. The van der Waals surface area contributed by atoms with Crippen LogP contribution in [-0.2, 0) is 8.98 Å². The molecule has 0 fully saturated rings. The van der Waals surface area contributed by atoms with Crippen molar-refractivity contribution in [1.29, 1.82) is 0 Å². The van der Waals surface area contributed by atoms with Gasteiger partial charge >= 0.3 is 5.97 Å². The van der Waals surface area contributed by atoms with Crippen LogP contribution in [0, 0.1) is 5.92 Å². The van der Waals surface area contributed by atoms with E-state index < -0.39 is 0 Å². The van der Waals surface area contributed by atoms with Crippen molar-refractivity contribution in [3.05, 3.63) is 0 Å². The van der Waals surface area contributed by atoms with Gasteiger partial charge in [-0.1, -0.05) is 39.4 Å². The van der Waals surface area contributed by atoms with Gasteiger partial charge in [-0.3, -0.25) is 4.79 Å². The molecule has 82 valence electrons. The molecule has 0 rings (SSSR count). The van der Waals surface area contributed by atoms with Gasteiger partial charge in [0, 0.05) is 0 Å².